The molecule has 1 rings (SSSR count). The minimum Gasteiger partial charge on any atom is -0.481 e. The molecule has 1 saturated carbocycles. The summed E-state index contributed by atoms with van der Waals surface area (Å²) in [6.07, 6.45) is -1.24. The van der Waals surface area contributed by atoms with Crippen molar-refractivity contribution in [1.29, 1.82) is 0 Å². The minimum absolute atomic E-state index is 0.0597. The fourth-order valence-electron chi connectivity index (χ4n) is 2.02. The molecule has 0 saturated heterocycles. The van der Waals surface area contributed by atoms with Crippen LogP contribution >= 0.6 is 0 Å². The van der Waals surface area contributed by atoms with Crippen LogP contribution in [0.3, 0.4) is 0 Å². The van der Waals surface area contributed by atoms with Gasteiger partial charge in [-0.3, -0.25) is 4.79 Å². The number of rotatable bonds is 2. The van der Waals surface area contributed by atoms with Crippen molar-refractivity contribution in [3.63, 3.8) is 0 Å². The number of carbonyl (C=O) groups excluding carboxylic acids is 1. The Bertz CT molecular complexity index is 327. The predicted molar refractivity (Wildman–Crippen MR) is 63.0 cm³/mol. The number of alkyl carbamates (subject to hydrolysis) is 1. The summed E-state index contributed by atoms with van der Waals surface area (Å²) in [6, 6.07) is -0.565. The lowest BCUT2D eigenvalue weighted by Gasteiger charge is -2.31. The van der Waals surface area contributed by atoms with Gasteiger partial charge in [-0.1, -0.05) is 0 Å². The highest BCUT2D eigenvalue weighted by Crippen LogP contribution is 2.27. The number of halogens is 1. The Morgan fingerprint density at radius 3 is 2.44 bits per heavy atom. The third-order valence-corrected chi connectivity index (χ3v) is 2.81. The van der Waals surface area contributed by atoms with E-state index in [0.29, 0.717) is 6.42 Å². The van der Waals surface area contributed by atoms with E-state index in [1.54, 1.807) is 20.8 Å². The van der Waals surface area contributed by atoms with Gasteiger partial charge in [-0.25, -0.2) is 9.18 Å². The summed E-state index contributed by atoms with van der Waals surface area (Å²) in [5.74, 6) is -1.97. The summed E-state index contributed by atoms with van der Waals surface area (Å²) in [5, 5.41) is 11.5. The number of carbonyl (C=O) groups is 2. The Hall–Kier alpha value is -1.33. The summed E-state index contributed by atoms with van der Waals surface area (Å²) in [4.78, 5) is 22.6. The molecule has 18 heavy (non-hydrogen) atoms. The fraction of sp³-hybridized carbons (Fsp3) is 0.833. The molecule has 0 spiro atoms. The first-order valence-corrected chi connectivity index (χ1v) is 6.05. The van der Waals surface area contributed by atoms with Crippen LogP contribution in [0, 0.1) is 5.92 Å². The summed E-state index contributed by atoms with van der Waals surface area (Å²) in [7, 11) is 0. The first kappa shape index (κ1) is 14.7. The minimum atomic E-state index is -1.11. The van der Waals surface area contributed by atoms with Crippen molar-refractivity contribution in [3.8, 4) is 0 Å². The van der Waals surface area contributed by atoms with Crippen LogP contribution in [-0.4, -0.2) is 35.0 Å². The van der Waals surface area contributed by atoms with E-state index in [4.69, 9.17) is 9.84 Å². The zero-order valence-corrected chi connectivity index (χ0v) is 10.9. The van der Waals surface area contributed by atoms with Gasteiger partial charge in [-0.15, -0.1) is 0 Å². The standard InChI is InChI=1S/C12H20FNO4/c1-12(2,3)18-11(17)14-9-5-4-7(13)6-8(9)10(15)16/h7-9H,4-6H2,1-3H3,(H,14,17)(H,15,16)/t7?,8-,9-/m0/s1. The van der Waals surface area contributed by atoms with Gasteiger partial charge in [0.25, 0.3) is 0 Å². The van der Waals surface area contributed by atoms with Crippen LogP contribution in [0.5, 0.6) is 0 Å². The van der Waals surface area contributed by atoms with E-state index in [2.05, 4.69) is 5.32 Å². The molecule has 104 valence electrons. The average Bonchev–Trinajstić information content (AvgIpc) is 2.17. The second-order valence-electron chi connectivity index (χ2n) is 5.61. The van der Waals surface area contributed by atoms with E-state index >= 15 is 0 Å². The Kier molecular flexibility index (Phi) is 4.53. The van der Waals surface area contributed by atoms with Gasteiger partial charge in [0.1, 0.15) is 11.8 Å². The number of nitrogens with one attached hydrogen (secondary N) is 1. The molecule has 2 N–H and O–H groups in total. The molecule has 1 fully saturated rings. The smallest absolute Gasteiger partial charge is 0.407 e. The number of carboxylic acid groups (broad SMARTS) is 1. The van der Waals surface area contributed by atoms with Gasteiger partial charge in [-0.05, 0) is 40.0 Å². The topological polar surface area (TPSA) is 75.6 Å². The monoisotopic (exact) mass is 261 g/mol. The first-order valence-electron chi connectivity index (χ1n) is 6.05. The molecule has 0 aromatic rings. The Morgan fingerprint density at radius 2 is 1.94 bits per heavy atom. The molecular weight excluding hydrogens is 241 g/mol. The quantitative estimate of drug-likeness (QED) is 0.798. The Labute approximate surface area is 106 Å². The van der Waals surface area contributed by atoms with Crippen LogP contribution in [0.2, 0.25) is 0 Å². The van der Waals surface area contributed by atoms with Gasteiger partial charge in [-0.2, -0.15) is 0 Å². The lowest BCUT2D eigenvalue weighted by atomic mass is 9.83. The predicted octanol–water partition coefficient (Wildman–Crippen LogP) is 2.10. The lowest BCUT2D eigenvalue weighted by Crippen LogP contribution is -2.48. The molecule has 3 atom stereocenters. The van der Waals surface area contributed by atoms with Crippen molar-refractivity contribution in [2.75, 3.05) is 0 Å². The molecule has 1 aliphatic carbocycles. The number of amides is 1. The van der Waals surface area contributed by atoms with Crippen LogP contribution in [0.25, 0.3) is 0 Å². The van der Waals surface area contributed by atoms with E-state index in [1.807, 2.05) is 0 Å². The summed E-state index contributed by atoms with van der Waals surface area (Å²) in [5.41, 5.74) is -0.639. The second-order valence-corrected chi connectivity index (χ2v) is 5.61. The summed E-state index contributed by atoms with van der Waals surface area (Å²) < 4.78 is 18.2. The SMILES string of the molecule is CC(C)(C)OC(=O)N[C@H]1CCC(F)C[C@@H]1C(=O)O. The van der Waals surface area contributed by atoms with Crippen LogP contribution in [0.1, 0.15) is 40.0 Å². The van der Waals surface area contributed by atoms with Gasteiger partial charge < -0.3 is 15.2 Å². The van der Waals surface area contributed by atoms with Gasteiger partial charge >= 0.3 is 12.1 Å². The molecule has 1 unspecified atom stereocenters. The molecule has 5 nitrogen and oxygen atoms in total. The number of ether oxygens (including phenoxy) is 1. The van der Waals surface area contributed by atoms with Crippen LogP contribution in [-0.2, 0) is 9.53 Å². The largest absolute Gasteiger partial charge is 0.481 e. The molecule has 0 aliphatic heterocycles. The van der Waals surface area contributed by atoms with Crippen molar-refractivity contribution in [2.24, 2.45) is 5.92 Å². The highest BCUT2D eigenvalue weighted by atomic mass is 19.1. The number of aliphatic carboxylic acids is 1. The lowest BCUT2D eigenvalue weighted by molar-refractivity contribution is -0.144. The van der Waals surface area contributed by atoms with E-state index in [-0.39, 0.29) is 12.8 Å². The fourth-order valence-corrected chi connectivity index (χ4v) is 2.02. The maximum absolute atomic E-state index is 13.2. The summed E-state index contributed by atoms with van der Waals surface area (Å²) in [6.45, 7) is 5.17. The molecule has 0 bridgehead atoms. The van der Waals surface area contributed by atoms with Crippen molar-refractivity contribution < 1.29 is 23.8 Å². The second kappa shape index (κ2) is 5.54. The molecule has 1 aliphatic rings. The van der Waals surface area contributed by atoms with Crippen molar-refractivity contribution in [3.05, 3.63) is 0 Å². The molecule has 0 aromatic carbocycles. The maximum atomic E-state index is 13.2. The van der Waals surface area contributed by atoms with Gasteiger partial charge in [0.2, 0.25) is 0 Å². The molecule has 0 radical (unpaired) electrons. The van der Waals surface area contributed by atoms with E-state index in [0.717, 1.165) is 0 Å². The van der Waals surface area contributed by atoms with Gasteiger partial charge in [0, 0.05) is 6.04 Å². The van der Waals surface area contributed by atoms with Crippen molar-refractivity contribution in [2.45, 2.75) is 57.8 Å². The molecule has 0 aromatic heterocycles. The van der Waals surface area contributed by atoms with Gasteiger partial charge in [0.15, 0.2) is 0 Å². The van der Waals surface area contributed by atoms with Gasteiger partial charge in [0.05, 0.1) is 5.92 Å². The number of hydrogen-bond donors (Lipinski definition) is 2. The molecule has 6 heteroatoms. The zero-order chi connectivity index (χ0) is 13.9. The van der Waals surface area contributed by atoms with E-state index in [1.165, 1.54) is 0 Å². The van der Waals surface area contributed by atoms with Crippen LogP contribution in [0.4, 0.5) is 9.18 Å². The Balaban J connectivity index is 2.59. The molecule has 0 heterocycles. The zero-order valence-electron chi connectivity index (χ0n) is 10.9. The first-order chi connectivity index (χ1) is 8.19. The Morgan fingerprint density at radius 1 is 1.33 bits per heavy atom. The van der Waals surface area contributed by atoms with Crippen molar-refractivity contribution in [1.82, 2.24) is 5.32 Å². The third kappa shape index (κ3) is 4.50. The van der Waals surface area contributed by atoms with E-state index < -0.39 is 35.8 Å². The van der Waals surface area contributed by atoms with Crippen LogP contribution in [0.15, 0.2) is 0 Å². The molecular formula is C12H20FNO4. The van der Waals surface area contributed by atoms with E-state index in [9.17, 15) is 14.0 Å². The highest BCUT2D eigenvalue weighted by Gasteiger charge is 2.37. The van der Waals surface area contributed by atoms with Crippen molar-refractivity contribution >= 4 is 12.1 Å². The number of carboxylic acids is 1. The number of hydrogen-bond acceptors (Lipinski definition) is 3. The average molecular weight is 261 g/mol. The third-order valence-electron chi connectivity index (χ3n) is 2.81. The maximum Gasteiger partial charge on any atom is 0.407 e. The normalized spacial score (nSPS) is 28.6. The highest BCUT2D eigenvalue weighted by molar-refractivity contribution is 5.74. The summed E-state index contributed by atoms with van der Waals surface area (Å²) >= 11 is 0. The van der Waals surface area contributed by atoms with Crippen LogP contribution < -0.4 is 5.32 Å². The molecule has 1 amide bonds. The number of alkyl halides is 1.